The first kappa shape index (κ1) is 11.6. The van der Waals surface area contributed by atoms with Crippen LogP contribution in [0.4, 0.5) is 0 Å². The molecule has 0 N–H and O–H groups in total. The summed E-state index contributed by atoms with van der Waals surface area (Å²) in [5, 5.41) is 4.16. The van der Waals surface area contributed by atoms with Gasteiger partial charge < -0.3 is 0 Å². The predicted molar refractivity (Wildman–Crippen MR) is 68.1 cm³/mol. The van der Waals surface area contributed by atoms with Crippen molar-refractivity contribution in [2.75, 3.05) is 0 Å². The maximum absolute atomic E-state index is 11.7. The van der Waals surface area contributed by atoms with Gasteiger partial charge in [-0.1, -0.05) is 12.1 Å². The van der Waals surface area contributed by atoms with E-state index in [0.29, 0.717) is 0 Å². The predicted octanol–water partition coefficient (Wildman–Crippen LogP) is 2.91. The molecule has 1 heterocycles. The summed E-state index contributed by atoms with van der Waals surface area (Å²) in [6.07, 6.45) is 3.78. The Bertz CT molecular complexity index is 582. The first-order valence-corrected chi connectivity index (χ1v) is 5.61. The Morgan fingerprint density at radius 2 is 2.00 bits per heavy atom. The number of aromatic nitrogens is 2. The first-order valence-electron chi connectivity index (χ1n) is 5.61. The van der Waals surface area contributed by atoms with Crippen LogP contribution >= 0.6 is 0 Å². The van der Waals surface area contributed by atoms with E-state index in [0.717, 1.165) is 27.8 Å². The van der Waals surface area contributed by atoms with Crippen LogP contribution in [-0.4, -0.2) is 15.6 Å². The van der Waals surface area contributed by atoms with Crippen LogP contribution in [0.5, 0.6) is 0 Å². The molecule has 1 aromatic carbocycles. The van der Waals surface area contributed by atoms with Gasteiger partial charge in [-0.2, -0.15) is 5.10 Å². The minimum atomic E-state index is 0.116. The molecule has 0 aliphatic rings. The molecule has 0 saturated carbocycles. The number of ketones is 1. The van der Waals surface area contributed by atoms with E-state index in [1.165, 1.54) is 0 Å². The number of rotatable bonds is 2. The fourth-order valence-corrected chi connectivity index (χ4v) is 2.26. The average molecular weight is 228 g/mol. The smallest absolute Gasteiger partial charge is 0.160 e. The van der Waals surface area contributed by atoms with Crippen LogP contribution < -0.4 is 0 Å². The van der Waals surface area contributed by atoms with Crippen molar-refractivity contribution >= 4 is 5.78 Å². The lowest BCUT2D eigenvalue weighted by Gasteiger charge is -2.10. The lowest BCUT2D eigenvalue weighted by atomic mass is 9.93. The van der Waals surface area contributed by atoms with Crippen LogP contribution in [0, 0.1) is 13.8 Å². The lowest BCUT2D eigenvalue weighted by molar-refractivity contribution is 0.101. The normalized spacial score (nSPS) is 10.6. The number of hydrogen-bond acceptors (Lipinski definition) is 2. The van der Waals surface area contributed by atoms with Crippen LogP contribution in [0.15, 0.2) is 24.5 Å². The summed E-state index contributed by atoms with van der Waals surface area (Å²) in [6.45, 7) is 5.57. The molecule has 0 saturated heterocycles. The van der Waals surface area contributed by atoms with Crippen molar-refractivity contribution in [3.05, 3.63) is 41.2 Å². The summed E-state index contributed by atoms with van der Waals surface area (Å²) in [6, 6.07) is 4.04. The highest BCUT2D eigenvalue weighted by Gasteiger charge is 2.13. The lowest BCUT2D eigenvalue weighted by Crippen LogP contribution is -2.01. The number of aryl methyl sites for hydroxylation is 2. The second-order valence-corrected chi connectivity index (χ2v) is 4.39. The number of hydrogen-bond donors (Lipinski definition) is 0. The van der Waals surface area contributed by atoms with Crippen molar-refractivity contribution in [3.63, 3.8) is 0 Å². The van der Waals surface area contributed by atoms with Crippen LogP contribution in [0.2, 0.25) is 0 Å². The average Bonchev–Trinajstić information content (AvgIpc) is 2.64. The molecule has 0 aliphatic carbocycles. The number of carbonyl (C=O) groups excluding carboxylic acids is 1. The molecule has 3 nitrogen and oxygen atoms in total. The molecule has 0 unspecified atom stereocenters. The maximum Gasteiger partial charge on any atom is 0.160 e. The summed E-state index contributed by atoms with van der Waals surface area (Å²) >= 11 is 0. The Hall–Kier alpha value is -1.90. The van der Waals surface area contributed by atoms with Gasteiger partial charge in [0.2, 0.25) is 0 Å². The zero-order valence-corrected chi connectivity index (χ0v) is 10.6. The second-order valence-electron chi connectivity index (χ2n) is 4.39. The minimum Gasteiger partial charge on any atom is -0.294 e. The van der Waals surface area contributed by atoms with E-state index in [2.05, 4.69) is 5.10 Å². The van der Waals surface area contributed by atoms with Gasteiger partial charge in [0.1, 0.15) is 0 Å². The largest absolute Gasteiger partial charge is 0.294 e. The van der Waals surface area contributed by atoms with Crippen LogP contribution in [-0.2, 0) is 7.05 Å². The minimum absolute atomic E-state index is 0.116. The molecule has 0 atom stereocenters. The second kappa shape index (κ2) is 4.17. The van der Waals surface area contributed by atoms with Gasteiger partial charge >= 0.3 is 0 Å². The third kappa shape index (κ3) is 2.00. The van der Waals surface area contributed by atoms with Gasteiger partial charge in [0.25, 0.3) is 0 Å². The van der Waals surface area contributed by atoms with Crippen LogP contribution in [0.25, 0.3) is 11.1 Å². The van der Waals surface area contributed by atoms with Gasteiger partial charge in [-0.25, -0.2) is 0 Å². The molecule has 17 heavy (non-hydrogen) atoms. The zero-order chi connectivity index (χ0) is 12.6. The summed E-state index contributed by atoms with van der Waals surface area (Å²) in [5.74, 6) is 0.116. The van der Waals surface area contributed by atoms with Gasteiger partial charge in [0.15, 0.2) is 5.78 Å². The molecule has 2 aromatic rings. The quantitative estimate of drug-likeness (QED) is 0.741. The van der Waals surface area contributed by atoms with E-state index >= 15 is 0 Å². The summed E-state index contributed by atoms with van der Waals surface area (Å²) in [4.78, 5) is 11.7. The van der Waals surface area contributed by atoms with Crippen molar-refractivity contribution in [2.45, 2.75) is 20.8 Å². The van der Waals surface area contributed by atoms with E-state index in [1.54, 1.807) is 11.6 Å². The zero-order valence-electron chi connectivity index (χ0n) is 10.6. The fourth-order valence-electron chi connectivity index (χ4n) is 2.26. The number of nitrogens with zero attached hydrogens (tertiary/aromatic N) is 2. The van der Waals surface area contributed by atoms with Crippen molar-refractivity contribution in [1.82, 2.24) is 9.78 Å². The molecule has 0 amide bonds. The van der Waals surface area contributed by atoms with Gasteiger partial charge in [0, 0.05) is 24.4 Å². The summed E-state index contributed by atoms with van der Waals surface area (Å²) < 4.78 is 1.77. The van der Waals surface area contributed by atoms with Crippen LogP contribution in [0.3, 0.4) is 0 Å². The highest BCUT2D eigenvalue weighted by atomic mass is 16.1. The van der Waals surface area contributed by atoms with Crippen molar-refractivity contribution in [3.8, 4) is 11.1 Å². The molecule has 0 radical (unpaired) electrons. The molecular weight excluding hydrogens is 212 g/mol. The third-order valence-electron chi connectivity index (χ3n) is 3.04. The molecule has 1 aromatic heterocycles. The molecule has 88 valence electrons. The van der Waals surface area contributed by atoms with Crippen LogP contribution in [0.1, 0.15) is 28.4 Å². The van der Waals surface area contributed by atoms with E-state index in [1.807, 2.05) is 45.4 Å². The molecular formula is C14H16N2O. The first-order chi connectivity index (χ1) is 8.00. The van der Waals surface area contributed by atoms with Gasteiger partial charge in [-0.15, -0.1) is 0 Å². The monoisotopic (exact) mass is 228 g/mol. The van der Waals surface area contributed by atoms with Crippen molar-refractivity contribution in [2.24, 2.45) is 7.05 Å². The van der Waals surface area contributed by atoms with Crippen molar-refractivity contribution < 1.29 is 4.79 Å². The SMILES string of the molecule is CC(=O)c1c(C)ccc(-c2cnn(C)c2)c1C. The number of carbonyl (C=O) groups is 1. The third-order valence-corrected chi connectivity index (χ3v) is 3.04. The molecule has 0 bridgehead atoms. The molecule has 3 heteroatoms. The Morgan fingerprint density at radius 3 is 2.53 bits per heavy atom. The molecule has 0 spiro atoms. The van der Waals surface area contributed by atoms with Gasteiger partial charge in [-0.3, -0.25) is 9.48 Å². The Labute approximate surface area is 101 Å². The fraction of sp³-hybridized carbons (Fsp3) is 0.286. The van der Waals surface area contributed by atoms with E-state index in [-0.39, 0.29) is 5.78 Å². The van der Waals surface area contributed by atoms with E-state index in [9.17, 15) is 4.79 Å². The maximum atomic E-state index is 11.7. The highest BCUT2D eigenvalue weighted by Crippen LogP contribution is 2.27. The molecule has 0 aliphatic heterocycles. The molecule has 0 fully saturated rings. The summed E-state index contributed by atoms with van der Waals surface area (Å²) in [7, 11) is 1.89. The number of benzene rings is 1. The Balaban J connectivity index is 2.65. The highest BCUT2D eigenvalue weighted by molar-refractivity contribution is 5.98. The van der Waals surface area contributed by atoms with E-state index in [4.69, 9.17) is 0 Å². The van der Waals surface area contributed by atoms with Gasteiger partial charge in [0.05, 0.1) is 6.20 Å². The Kier molecular flexibility index (Phi) is 2.84. The Morgan fingerprint density at radius 1 is 1.29 bits per heavy atom. The van der Waals surface area contributed by atoms with Gasteiger partial charge in [-0.05, 0) is 37.5 Å². The standard InChI is InChI=1S/C14H16N2O/c1-9-5-6-13(10(2)14(9)11(3)17)12-7-15-16(4)8-12/h5-8H,1-4H3. The summed E-state index contributed by atoms with van der Waals surface area (Å²) in [5.41, 5.74) is 5.01. The number of Topliss-reactive ketones (excluding diaryl/α,β-unsaturated/α-hetero) is 1. The van der Waals surface area contributed by atoms with E-state index < -0.39 is 0 Å². The molecule has 2 rings (SSSR count). The van der Waals surface area contributed by atoms with Crippen molar-refractivity contribution in [1.29, 1.82) is 0 Å². The topological polar surface area (TPSA) is 34.9 Å².